The summed E-state index contributed by atoms with van der Waals surface area (Å²) >= 11 is 0. The zero-order valence-corrected chi connectivity index (χ0v) is 10.2. The summed E-state index contributed by atoms with van der Waals surface area (Å²) < 4.78 is 10.3. The first kappa shape index (κ1) is 13.0. The van der Waals surface area contributed by atoms with Crippen LogP contribution in [-0.2, 0) is 4.74 Å². The van der Waals surface area contributed by atoms with Gasteiger partial charge in [-0.15, -0.1) is 0 Å². The van der Waals surface area contributed by atoms with Crippen molar-refractivity contribution < 1.29 is 14.6 Å². The minimum absolute atomic E-state index is 0.461. The van der Waals surface area contributed by atoms with Crippen LogP contribution < -0.4 is 4.74 Å². The highest BCUT2D eigenvalue weighted by atomic mass is 16.5. The lowest BCUT2D eigenvalue weighted by Gasteiger charge is -2.14. The van der Waals surface area contributed by atoms with Gasteiger partial charge in [0.1, 0.15) is 5.75 Å². The molecule has 0 fully saturated rings. The average molecular weight is 224 g/mol. The quantitative estimate of drug-likeness (QED) is 0.754. The molecule has 1 aromatic carbocycles. The van der Waals surface area contributed by atoms with E-state index in [4.69, 9.17) is 9.47 Å². The Balaban J connectivity index is 2.64. The van der Waals surface area contributed by atoms with E-state index in [1.807, 2.05) is 32.0 Å². The van der Waals surface area contributed by atoms with Gasteiger partial charge in [0.05, 0.1) is 13.2 Å². The third kappa shape index (κ3) is 3.51. The monoisotopic (exact) mass is 224 g/mol. The SMILES string of the molecule is CCOCCC(O)c1ccc(OC)cc1C. The predicted molar refractivity (Wildman–Crippen MR) is 63.8 cm³/mol. The lowest BCUT2D eigenvalue weighted by molar-refractivity contribution is 0.0883. The van der Waals surface area contributed by atoms with E-state index < -0.39 is 6.10 Å². The van der Waals surface area contributed by atoms with Gasteiger partial charge in [-0.3, -0.25) is 0 Å². The molecule has 0 saturated carbocycles. The molecule has 0 saturated heterocycles. The number of rotatable bonds is 6. The molecule has 0 amide bonds. The fourth-order valence-electron chi connectivity index (χ4n) is 1.64. The maximum Gasteiger partial charge on any atom is 0.119 e. The molecule has 90 valence electrons. The van der Waals surface area contributed by atoms with Crippen molar-refractivity contribution >= 4 is 0 Å². The summed E-state index contributed by atoms with van der Waals surface area (Å²) in [7, 11) is 1.64. The normalized spacial score (nSPS) is 12.5. The Morgan fingerprint density at radius 2 is 2.12 bits per heavy atom. The van der Waals surface area contributed by atoms with Crippen molar-refractivity contribution in [3.8, 4) is 5.75 Å². The molecule has 1 rings (SSSR count). The van der Waals surface area contributed by atoms with E-state index in [-0.39, 0.29) is 0 Å². The van der Waals surface area contributed by atoms with E-state index in [1.54, 1.807) is 7.11 Å². The van der Waals surface area contributed by atoms with Crippen molar-refractivity contribution in [2.75, 3.05) is 20.3 Å². The van der Waals surface area contributed by atoms with Gasteiger partial charge < -0.3 is 14.6 Å². The van der Waals surface area contributed by atoms with E-state index in [1.165, 1.54) is 0 Å². The first-order chi connectivity index (χ1) is 7.69. The Labute approximate surface area is 97.0 Å². The van der Waals surface area contributed by atoms with Gasteiger partial charge in [-0.05, 0) is 37.1 Å². The zero-order chi connectivity index (χ0) is 12.0. The molecule has 1 aromatic rings. The zero-order valence-electron chi connectivity index (χ0n) is 10.2. The second kappa shape index (κ2) is 6.51. The molecule has 3 heteroatoms. The number of aryl methyl sites for hydroxylation is 1. The molecule has 0 bridgehead atoms. The van der Waals surface area contributed by atoms with Crippen molar-refractivity contribution in [3.63, 3.8) is 0 Å². The smallest absolute Gasteiger partial charge is 0.119 e. The molecule has 0 aliphatic heterocycles. The summed E-state index contributed by atoms with van der Waals surface area (Å²) in [5.74, 6) is 0.818. The van der Waals surface area contributed by atoms with E-state index >= 15 is 0 Å². The van der Waals surface area contributed by atoms with Gasteiger partial charge in [0, 0.05) is 19.6 Å². The van der Waals surface area contributed by atoms with Crippen LogP contribution in [0.3, 0.4) is 0 Å². The minimum atomic E-state index is -0.461. The van der Waals surface area contributed by atoms with E-state index in [0.29, 0.717) is 19.6 Å². The van der Waals surface area contributed by atoms with Crippen LogP contribution in [0, 0.1) is 6.92 Å². The Morgan fingerprint density at radius 1 is 1.38 bits per heavy atom. The molecule has 1 unspecified atom stereocenters. The molecule has 1 atom stereocenters. The molecule has 0 aliphatic carbocycles. The van der Waals surface area contributed by atoms with Crippen molar-refractivity contribution in [3.05, 3.63) is 29.3 Å². The van der Waals surface area contributed by atoms with Crippen molar-refractivity contribution in [1.82, 2.24) is 0 Å². The number of methoxy groups -OCH3 is 1. The molecule has 0 radical (unpaired) electrons. The number of aliphatic hydroxyl groups is 1. The first-order valence-electron chi connectivity index (χ1n) is 5.59. The number of hydrogen-bond donors (Lipinski definition) is 1. The molecule has 1 N–H and O–H groups in total. The summed E-state index contributed by atoms with van der Waals surface area (Å²) in [6.07, 6.45) is 0.165. The van der Waals surface area contributed by atoms with E-state index in [2.05, 4.69) is 0 Å². The molecular formula is C13H20O3. The van der Waals surface area contributed by atoms with Gasteiger partial charge in [-0.25, -0.2) is 0 Å². The van der Waals surface area contributed by atoms with Gasteiger partial charge in [-0.1, -0.05) is 6.07 Å². The van der Waals surface area contributed by atoms with Gasteiger partial charge in [0.15, 0.2) is 0 Å². The molecule has 16 heavy (non-hydrogen) atoms. The average Bonchev–Trinajstić information content (AvgIpc) is 2.29. The van der Waals surface area contributed by atoms with Crippen LogP contribution in [0.5, 0.6) is 5.75 Å². The summed E-state index contributed by atoms with van der Waals surface area (Å²) in [5, 5.41) is 9.97. The highest BCUT2D eigenvalue weighted by Crippen LogP contribution is 2.24. The second-order valence-electron chi connectivity index (χ2n) is 3.72. The molecular weight excluding hydrogens is 204 g/mol. The van der Waals surface area contributed by atoms with Crippen LogP contribution in [0.4, 0.5) is 0 Å². The van der Waals surface area contributed by atoms with Crippen LogP contribution in [-0.4, -0.2) is 25.4 Å². The molecule has 0 heterocycles. The fourth-order valence-corrected chi connectivity index (χ4v) is 1.64. The number of hydrogen-bond acceptors (Lipinski definition) is 3. The van der Waals surface area contributed by atoms with Crippen LogP contribution >= 0.6 is 0 Å². The Kier molecular flexibility index (Phi) is 5.29. The minimum Gasteiger partial charge on any atom is -0.497 e. The van der Waals surface area contributed by atoms with Gasteiger partial charge in [-0.2, -0.15) is 0 Å². The molecule has 3 nitrogen and oxygen atoms in total. The fraction of sp³-hybridized carbons (Fsp3) is 0.538. The van der Waals surface area contributed by atoms with Crippen molar-refractivity contribution in [2.24, 2.45) is 0 Å². The molecule has 0 aromatic heterocycles. The van der Waals surface area contributed by atoms with Gasteiger partial charge >= 0.3 is 0 Å². The van der Waals surface area contributed by atoms with Crippen LogP contribution in [0.25, 0.3) is 0 Å². The van der Waals surface area contributed by atoms with Gasteiger partial charge in [0.2, 0.25) is 0 Å². The van der Waals surface area contributed by atoms with E-state index in [9.17, 15) is 5.11 Å². The second-order valence-corrected chi connectivity index (χ2v) is 3.72. The van der Waals surface area contributed by atoms with Crippen molar-refractivity contribution in [1.29, 1.82) is 0 Å². The van der Waals surface area contributed by atoms with E-state index in [0.717, 1.165) is 16.9 Å². The van der Waals surface area contributed by atoms with Crippen LogP contribution in [0.1, 0.15) is 30.6 Å². The Hall–Kier alpha value is -1.06. The number of ether oxygens (including phenoxy) is 2. The highest BCUT2D eigenvalue weighted by molar-refractivity contribution is 5.35. The molecule has 0 aliphatic rings. The van der Waals surface area contributed by atoms with Crippen LogP contribution in [0.15, 0.2) is 18.2 Å². The summed E-state index contributed by atoms with van der Waals surface area (Å²) in [4.78, 5) is 0. The molecule has 0 spiro atoms. The lowest BCUT2D eigenvalue weighted by Crippen LogP contribution is -2.05. The summed E-state index contributed by atoms with van der Waals surface area (Å²) in [6.45, 7) is 5.20. The number of aliphatic hydroxyl groups excluding tert-OH is 1. The summed E-state index contributed by atoms with van der Waals surface area (Å²) in [5.41, 5.74) is 1.99. The van der Waals surface area contributed by atoms with Crippen molar-refractivity contribution in [2.45, 2.75) is 26.4 Å². The topological polar surface area (TPSA) is 38.7 Å². The third-order valence-corrected chi connectivity index (χ3v) is 2.58. The number of benzene rings is 1. The first-order valence-corrected chi connectivity index (χ1v) is 5.59. The van der Waals surface area contributed by atoms with Crippen LogP contribution in [0.2, 0.25) is 0 Å². The Bertz CT molecular complexity index is 323. The van der Waals surface area contributed by atoms with Gasteiger partial charge in [0.25, 0.3) is 0 Å². The highest BCUT2D eigenvalue weighted by Gasteiger charge is 2.10. The Morgan fingerprint density at radius 3 is 2.69 bits per heavy atom. The largest absolute Gasteiger partial charge is 0.497 e. The standard InChI is InChI=1S/C13H20O3/c1-4-16-8-7-13(14)12-6-5-11(15-3)9-10(12)2/h5-6,9,13-14H,4,7-8H2,1-3H3. The third-order valence-electron chi connectivity index (χ3n) is 2.58. The predicted octanol–water partition coefficient (Wildman–Crippen LogP) is 2.46. The maximum atomic E-state index is 9.97. The lowest BCUT2D eigenvalue weighted by atomic mass is 10.0. The summed E-state index contributed by atoms with van der Waals surface area (Å²) in [6, 6.07) is 5.70. The maximum absolute atomic E-state index is 9.97.